The van der Waals surface area contributed by atoms with E-state index in [-0.39, 0.29) is 5.75 Å². The number of hydrogen-bond donors (Lipinski definition) is 0. The molecule has 3 heterocycles. The molecule has 2 aromatic heterocycles. The monoisotopic (exact) mass is 409 g/mol. The summed E-state index contributed by atoms with van der Waals surface area (Å²) < 4.78 is 27.1. The first kappa shape index (κ1) is 19.5. The molecule has 0 amide bonds. The Morgan fingerprint density at radius 1 is 0.931 bits per heavy atom. The quantitative estimate of drug-likeness (QED) is 0.644. The highest BCUT2D eigenvalue weighted by molar-refractivity contribution is 7.88. The molecule has 29 heavy (non-hydrogen) atoms. The van der Waals surface area contributed by atoms with E-state index in [1.807, 2.05) is 55.5 Å². The molecule has 4 rings (SSSR count). The average Bonchev–Trinajstić information content (AvgIpc) is 2.74. The summed E-state index contributed by atoms with van der Waals surface area (Å²) >= 11 is 0. The lowest BCUT2D eigenvalue weighted by atomic mass is 10.2. The summed E-state index contributed by atoms with van der Waals surface area (Å²) in [6, 6.07) is 15.0. The number of piperazine rings is 1. The third-order valence-corrected chi connectivity index (χ3v) is 6.78. The molecule has 1 aliphatic rings. The molecule has 1 aliphatic heterocycles. The van der Waals surface area contributed by atoms with Gasteiger partial charge in [0.15, 0.2) is 5.82 Å². The molecule has 3 aromatic rings. The Morgan fingerprint density at radius 3 is 2.31 bits per heavy atom. The molecule has 0 N–H and O–H groups in total. The number of benzene rings is 1. The first-order chi connectivity index (χ1) is 14.0. The molecule has 1 aromatic carbocycles. The number of aryl methyl sites for hydroxylation is 1. The zero-order valence-corrected chi connectivity index (χ0v) is 17.1. The maximum Gasteiger partial charge on any atom is 0.218 e. The van der Waals surface area contributed by atoms with Crippen LogP contribution in [0, 0.1) is 6.92 Å². The van der Waals surface area contributed by atoms with Crippen LogP contribution in [0.4, 0.5) is 5.82 Å². The molecule has 0 atom stereocenters. The van der Waals surface area contributed by atoms with Crippen molar-refractivity contribution in [2.45, 2.75) is 12.7 Å². The summed E-state index contributed by atoms with van der Waals surface area (Å²) in [5, 5.41) is 0. The molecular formula is C21H23N5O2S. The standard InChI is InChI=1S/C21H23N5O2S/c1-17-15-20(24-21(23-17)19-7-9-22-10-8-19)25-11-13-26(14-12-25)29(27,28)16-18-5-3-2-4-6-18/h2-10,15H,11-14,16H2,1H3. The lowest BCUT2D eigenvalue weighted by Crippen LogP contribution is -2.49. The van der Waals surface area contributed by atoms with Crippen LogP contribution in [0.25, 0.3) is 11.4 Å². The molecule has 0 saturated carbocycles. The summed E-state index contributed by atoms with van der Waals surface area (Å²) in [5.74, 6) is 1.51. The number of nitrogens with zero attached hydrogens (tertiary/aromatic N) is 5. The van der Waals surface area contributed by atoms with Crippen molar-refractivity contribution < 1.29 is 8.42 Å². The van der Waals surface area contributed by atoms with E-state index >= 15 is 0 Å². The van der Waals surface area contributed by atoms with Gasteiger partial charge >= 0.3 is 0 Å². The van der Waals surface area contributed by atoms with E-state index in [0.29, 0.717) is 32.0 Å². The van der Waals surface area contributed by atoms with E-state index in [0.717, 1.165) is 22.6 Å². The first-order valence-electron chi connectivity index (χ1n) is 9.54. The van der Waals surface area contributed by atoms with Gasteiger partial charge in [-0.15, -0.1) is 0 Å². The van der Waals surface area contributed by atoms with Gasteiger partial charge in [0.25, 0.3) is 0 Å². The minimum atomic E-state index is -3.33. The molecule has 0 bridgehead atoms. The van der Waals surface area contributed by atoms with Crippen LogP contribution in [0.1, 0.15) is 11.3 Å². The fourth-order valence-corrected chi connectivity index (χ4v) is 4.93. The lowest BCUT2D eigenvalue weighted by Gasteiger charge is -2.34. The van der Waals surface area contributed by atoms with Crippen molar-refractivity contribution in [3.8, 4) is 11.4 Å². The van der Waals surface area contributed by atoms with E-state index in [9.17, 15) is 8.42 Å². The Morgan fingerprint density at radius 2 is 1.62 bits per heavy atom. The minimum absolute atomic E-state index is 0.0344. The van der Waals surface area contributed by atoms with E-state index in [1.165, 1.54) is 0 Å². The van der Waals surface area contributed by atoms with Crippen LogP contribution in [0.5, 0.6) is 0 Å². The fraction of sp³-hybridized carbons (Fsp3) is 0.286. The lowest BCUT2D eigenvalue weighted by molar-refractivity contribution is 0.383. The Bertz CT molecular complexity index is 1070. The molecule has 0 spiro atoms. The van der Waals surface area contributed by atoms with Crippen LogP contribution in [-0.4, -0.2) is 53.9 Å². The van der Waals surface area contributed by atoms with Gasteiger partial charge in [-0.05, 0) is 24.6 Å². The van der Waals surface area contributed by atoms with Crippen LogP contribution < -0.4 is 4.90 Å². The van der Waals surface area contributed by atoms with E-state index in [4.69, 9.17) is 4.98 Å². The van der Waals surface area contributed by atoms with Gasteiger partial charge in [-0.2, -0.15) is 4.31 Å². The van der Waals surface area contributed by atoms with Crippen molar-refractivity contribution in [2.24, 2.45) is 0 Å². The summed E-state index contributed by atoms with van der Waals surface area (Å²) in [6.07, 6.45) is 3.44. The molecular weight excluding hydrogens is 386 g/mol. The fourth-order valence-electron chi connectivity index (χ4n) is 3.42. The van der Waals surface area contributed by atoms with Gasteiger partial charge in [-0.25, -0.2) is 18.4 Å². The number of sulfonamides is 1. The van der Waals surface area contributed by atoms with Gasteiger partial charge in [0.1, 0.15) is 5.82 Å². The Hall–Kier alpha value is -2.84. The van der Waals surface area contributed by atoms with Crippen molar-refractivity contribution >= 4 is 15.8 Å². The van der Waals surface area contributed by atoms with Gasteiger partial charge in [-0.3, -0.25) is 4.98 Å². The molecule has 1 saturated heterocycles. The first-order valence-corrected chi connectivity index (χ1v) is 11.1. The zero-order valence-electron chi connectivity index (χ0n) is 16.3. The number of rotatable bonds is 5. The molecule has 0 unspecified atom stereocenters. The summed E-state index contributed by atoms with van der Waals surface area (Å²) in [5.41, 5.74) is 2.60. The number of anilines is 1. The Kier molecular flexibility index (Phi) is 5.55. The Balaban J connectivity index is 1.47. The number of hydrogen-bond acceptors (Lipinski definition) is 6. The highest BCUT2D eigenvalue weighted by Crippen LogP contribution is 2.22. The topological polar surface area (TPSA) is 79.3 Å². The summed E-state index contributed by atoms with van der Waals surface area (Å²) in [7, 11) is -3.33. The number of pyridine rings is 1. The maximum atomic E-state index is 12.8. The van der Waals surface area contributed by atoms with Crippen molar-refractivity contribution in [3.63, 3.8) is 0 Å². The van der Waals surface area contributed by atoms with Crippen LogP contribution in [0.15, 0.2) is 60.9 Å². The second-order valence-corrected chi connectivity index (χ2v) is 9.02. The highest BCUT2D eigenvalue weighted by Gasteiger charge is 2.28. The van der Waals surface area contributed by atoms with E-state index in [1.54, 1.807) is 16.7 Å². The normalized spacial score (nSPS) is 15.4. The maximum absolute atomic E-state index is 12.8. The Labute approximate surface area is 171 Å². The van der Waals surface area contributed by atoms with Gasteiger partial charge in [0.2, 0.25) is 10.0 Å². The van der Waals surface area contributed by atoms with Gasteiger partial charge < -0.3 is 4.90 Å². The van der Waals surface area contributed by atoms with Crippen LogP contribution >= 0.6 is 0 Å². The molecule has 7 nitrogen and oxygen atoms in total. The molecule has 8 heteroatoms. The van der Waals surface area contributed by atoms with Crippen molar-refractivity contribution in [1.29, 1.82) is 0 Å². The van der Waals surface area contributed by atoms with Gasteiger partial charge in [0, 0.05) is 55.9 Å². The summed E-state index contributed by atoms with van der Waals surface area (Å²) in [4.78, 5) is 15.4. The predicted octanol–water partition coefficient (Wildman–Crippen LogP) is 2.50. The van der Waals surface area contributed by atoms with Gasteiger partial charge in [0.05, 0.1) is 5.75 Å². The highest BCUT2D eigenvalue weighted by atomic mass is 32.2. The van der Waals surface area contributed by atoms with Crippen molar-refractivity contribution in [1.82, 2.24) is 19.3 Å². The SMILES string of the molecule is Cc1cc(N2CCN(S(=O)(=O)Cc3ccccc3)CC2)nc(-c2ccncc2)n1. The average molecular weight is 410 g/mol. The molecule has 150 valence electrons. The molecule has 0 radical (unpaired) electrons. The predicted molar refractivity (Wildman–Crippen MR) is 113 cm³/mol. The van der Waals surface area contributed by atoms with Crippen LogP contribution in [0.3, 0.4) is 0 Å². The van der Waals surface area contributed by atoms with E-state index in [2.05, 4.69) is 14.9 Å². The second kappa shape index (κ2) is 8.26. The van der Waals surface area contributed by atoms with E-state index < -0.39 is 10.0 Å². The second-order valence-electron chi connectivity index (χ2n) is 7.05. The molecule has 0 aliphatic carbocycles. The molecule has 1 fully saturated rings. The van der Waals surface area contributed by atoms with Crippen molar-refractivity contribution in [3.05, 3.63) is 72.2 Å². The smallest absolute Gasteiger partial charge is 0.218 e. The third-order valence-electron chi connectivity index (χ3n) is 4.93. The summed E-state index contributed by atoms with van der Waals surface area (Å²) in [6.45, 7) is 4.03. The van der Waals surface area contributed by atoms with Crippen molar-refractivity contribution in [2.75, 3.05) is 31.1 Å². The zero-order chi connectivity index (χ0) is 20.3. The minimum Gasteiger partial charge on any atom is -0.354 e. The van der Waals surface area contributed by atoms with Crippen LogP contribution in [-0.2, 0) is 15.8 Å². The largest absolute Gasteiger partial charge is 0.354 e. The van der Waals surface area contributed by atoms with Gasteiger partial charge in [-0.1, -0.05) is 30.3 Å². The van der Waals surface area contributed by atoms with Crippen LogP contribution in [0.2, 0.25) is 0 Å². The third kappa shape index (κ3) is 4.60. The number of aromatic nitrogens is 3.